The topological polar surface area (TPSA) is 105 Å². The number of fused-ring (bicyclic) bond motifs is 3. The molecule has 178 valence electrons. The van der Waals surface area contributed by atoms with Crippen molar-refractivity contribution in [3.63, 3.8) is 0 Å². The number of ether oxygens (including phenoxy) is 4. The molecule has 3 rings (SSSR count). The highest BCUT2D eigenvalue weighted by atomic mass is 35.5. The number of esters is 1. The number of rotatable bonds is 7. The number of aromatic nitrogens is 1. The highest BCUT2D eigenvalue weighted by Gasteiger charge is 2.28. The summed E-state index contributed by atoms with van der Waals surface area (Å²) < 4.78 is 23.4. The number of alkyl carbamates (subject to hydrolysis) is 1. The second-order valence-electron chi connectivity index (χ2n) is 7.82. The summed E-state index contributed by atoms with van der Waals surface area (Å²) in [6.07, 6.45) is 1.50. The lowest BCUT2D eigenvalue weighted by Gasteiger charge is -2.24. The summed E-state index contributed by atoms with van der Waals surface area (Å²) in [7, 11) is 2.73. The third-order valence-electron chi connectivity index (χ3n) is 5.31. The average molecular weight is 479 g/mol. The number of halogens is 1. The first-order chi connectivity index (χ1) is 15.8. The number of hydrogen-bond donors (Lipinski definition) is 1. The standard InChI is InChI=1S/C23H27ClN2O7/c1-13(2)18-12-33-20-10-21(31-6-5-7-32-23(29)25-3)16(24)8-14(20)17-9-19(27)15(11-26(17)18)22(28)30-4/h8-11,13,18H,5-7,12H2,1-4H3,(H,25,29)/t18-/m0/s1. The third-order valence-corrected chi connectivity index (χ3v) is 5.61. The first-order valence-corrected chi connectivity index (χ1v) is 10.9. The van der Waals surface area contributed by atoms with Gasteiger partial charge in [-0.1, -0.05) is 25.4 Å². The second kappa shape index (κ2) is 10.6. The van der Waals surface area contributed by atoms with Crippen molar-refractivity contribution < 1.29 is 28.5 Å². The Hall–Kier alpha value is -3.20. The van der Waals surface area contributed by atoms with Crippen molar-refractivity contribution in [2.24, 2.45) is 5.92 Å². The fourth-order valence-electron chi connectivity index (χ4n) is 3.52. The molecule has 1 amide bonds. The number of methoxy groups -OCH3 is 1. The molecule has 0 fully saturated rings. The SMILES string of the molecule is CNC(=O)OCCCOc1cc2c(cc1Cl)-c1cc(=O)c(C(=O)OC)cn1[C@H](C(C)C)CO2. The lowest BCUT2D eigenvalue weighted by molar-refractivity contribution is 0.0597. The first-order valence-electron chi connectivity index (χ1n) is 10.5. The predicted octanol–water partition coefficient (Wildman–Crippen LogP) is 3.67. The molecule has 0 saturated carbocycles. The van der Waals surface area contributed by atoms with E-state index in [-0.39, 0.29) is 30.7 Å². The Labute approximate surface area is 196 Å². The van der Waals surface area contributed by atoms with Gasteiger partial charge in [-0.3, -0.25) is 4.79 Å². The van der Waals surface area contributed by atoms with Gasteiger partial charge in [-0.05, 0) is 12.0 Å². The summed E-state index contributed by atoms with van der Waals surface area (Å²) in [5.74, 6) is 0.388. The van der Waals surface area contributed by atoms with Crippen LogP contribution in [0.2, 0.25) is 5.02 Å². The lowest BCUT2D eigenvalue weighted by atomic mass is 10.0. The number of nitrogens with zero attached hydrogens (tertiary/aromatic N) is 1. The third kappa shape index (κ3) is 5.42. The molecular formula is C23H27ClN2O7. The quantitative estimate of drug-likeness (QED) is 0.478. The average Bonchev–Trinajstić information content (AvgIpc) is 2.94. The van der Waals surface area contributed by atoms with Gasteiger partial charge in [-0.25, -0.2) is 9.59 Å². The van der Waals surface area contributed by atoms with Crippen molar-refractivity contribution in [1.29, 1.82) is 0 Å². The molecule has 9 nitrogen and oxygen atoms in total. The Morgan fingerprint density at radius 1 is 1.27 bits per heavy atom. The highest BCUT2D eigenvalue weighted by molar-refractivity contribution is 6.32. The molecule has 0 bridgehead atoms. The van der Waals surface area contributed by atoms with E-state index in [2.05, 4.69) is 5.32 Å². The molecule has 1 aromatic carbocycles. The normalized spacial score (nSPS) is 14.4. The van der Waals surface area contributed by atoms with Crippen LogP contribution in [0.25, 0.3) is 11.3 Å². The van der Waals surface area contributed by atoms with E-state index >= 15 is 0 Å². The van der Waals surface area contributed by atoms with Crippen molar-refractivity contribution in [3.8, 4) is 22.8 Å². The number of hydrogen-bond acceptors (Lipinski definition) is 7. The fraction of sp³-hybridized carbons (Fsp3) is 0.435. The molecule has 10 heteroatoms. The summed E-state index contributed by atoms with van der Waals surface area (Å²) in [6, 6.07) is 4.63. The van der Waals surface area contributed by atoms with Crippen molar-refractivity contribution >= 4 is 23.7 Å². The van der Waals surface area contributed by atoms with Gasteiger partial charge < -0.3 is 28.8 Å². The number of amides is 1. The molecule has 0 spiro atoms. The van der Waals surface area contributed by atoms with Crippen LogP contribution in [-0.4, -0.2) is 50.6 Å². The first kappa shape index (κ1) is 24.4. The van der Waals surface area contributed by atoms with Crippen LogP contribution in [0.15, 0.2) is 29.2 Å². The Bertz CT molecular complexity index is 1100. The van der Waals surface area contributed by atoms with Gasteiger partial charge >= 0.3 is 12.1 Å². The van der Waals surface area contributed by atoms with E-state index in [0.717, 1.165) is 0 Å². The van der Waals surface area contributed by atoms with Gasteiger partial charge in [0.25, 0.3) is 0 Å². The van der Waals surface area contributed by atoms with Crippen molar-refractivity contribution in [2.75, 3.05) is 34.0 Å². The van der Waals surface area contributed by atoms with E-state index in [9.17, 15) is 14.4 Å². The Kier molecular flexibility index (Phi) is 7.86. The number of nitrogens with one attached hydrogen (secondary N) is 1. The second-order valence-corrected chi connectivity index (χ2v) is 8.23. The minimum Gasteiger partial charge on any atom is -0.492 e. The minimum atomic E-state index is -0.689. The zero-order chi connectivity index (χ0) is 24.1. The van der Waals surface area contributed by atoms with Crippen LogP contribution in [0.3, 0.4) is 0 Å². The number of carbonyl (C=O) groups excluding carboxylic acids is 2. The zero-order valence-corrected chi connectivity index (χ0v) is 19.7. The van der Waals surface area contributed by atoms with E-state index in [1.54, 1.807) is 12.1 Å². The summed E-state index contributed by atoms with van der Waals surface area (Å²) in [5.41, 5.74) is 0.717. The van der Waals surface area contributed by atoms with Crippen LogP contribution in [0, 0.1) is 5.92 Å². The molecule has 33 heavy (non-hydrogen) atoms. The number of pyridine rings is 1. The summed E-state index contributed by atoms with van der Waals surface area (Å²) in [6.45, 7) is 4.87. The molecule has 1 aliphatic rings. The fourth-order valence-corrected chi connectivity index (χ4v) is 3.73. The van der Waals surface area contributed by atoms with E-state index in [1.165, 1.54) is 26.4 Å². The van der Waals surface area contributed by atoms with E-state index in [1.807, 2.05) is 18.4 Å². The van der Waals surface area contributed by atoms with Crippen LogP contribution in [0.4, 0.5) is 4.79 Å². The van der Waals surface area contributed by atoms with Crippen LogP contribution < -0.4 is 20.2 Å². The largest absolute Gasteiger partial charge is 0.492 e. The van der Waals surface area contributed by atoms with E-state index in [0.29, 0.717) is 40.8 Å². The molecule has 1 N–H and O–H groups in total. The van der Waals surface area contributed by atoms with Crippen molar-refractivity contribution in [3.05, 3.63) is 45.2 Å². The minimum absolute atomic E-state index is 0.0413. The smallest absolute Gasteiger partial charge is 0.406 e. The van der Waals surface area contributed by atoms with Crippen LogP contribution >= 0.6 is 11.6 Å². The van der Waals surface area contributed by atoms with Crippen molar-refractivity contribution in [2.45, 2.75) is 26.3 Å². The van der Waals surface area contributed by atoms with Gasteiger partial charge in [0, 0.05) is 37.4 Å². The van der Waals surface area contributed by atoms with Crippen LogP contribution in [0.1, 0.15) is 36.7 Å². The van der Waals surface area contributed by atoms with Gasteiger partial charge in [0.1, 0.15) is 23.7 Å². The Morgan fingerprint density at radius 3 is 2.70 bits per heavy atom. The van der Waals surface area contributed by atoms with Crippen molar-refractivity contribution in [1.82, 2.24) is 9.88 Å². The zero-order valence-electron chi connectivity index (χ0n) is 19.0. The van der Waals surface area contributed by atoms with Gasteiger partial charge in [-0.2, -0.15) is 0 Å². The molecule has 0 unspecified atom stereocenters. The van der Waals surface area contributed by atoms with Gasteiger partial charge in [-0.15, -0.1) is 0 Å². The molecule has 0 saturated heterocycles. The predicted molar refractivity (Wildman–Crippen MR) is 122 cm³/mol. The molecule has 1 atom stereocenters. The molecule has 0 radical (unpaired) electrons. The van der Waals surface area contributed by atoms with Gasteiger partial charge in [0.05, 0.1) is 37.1 Å². The maximum absolute atomic E-state index is 12.7. The number of carbonyl (C=O) groups is 2. The molecule has 0 aliphatic carbocycles. The monoisotopic (exact) mass is 478 g/mol. The van der Waals surface area contributed by atoms with Crippen LogP contribution in [0.5, 0.6) is 11.5 Å². The van der Waals surface area contributed by atoms with Crippen LogP contribution in [-0.2, 0) is 9.47 Å². The Balaban J connectivity index is 1.93. The summed E-state index contributed by atoms with van der Waals surface area (Å²) in [5, 5.41) is 2.71. The van der Waals surface area contributed by atoms with Gasteiger partial charge in [0.15, 0.2) is 5.43 Å². The maximum Gasteiger partial charge on any atom is 0.406 e. The molecule has 1 aliphatic heterocycles. The molecule has 2 aromatic rings. The molecule has 1 aromatic heterocycles. The number of benzene rings is 1. The maximum atomic E-state index is 12.7. The van der Waals surface area contributed by atoms with Gasteiger partial charge in [0.2, 0.25) is 0 Å². The van der Waals surface area contributed by atoms with E-state index < -0.39 is 17.5 Å². The lowest BCUT2D eigenvalue weighted by Crippen LogP contribution is -2.26. The Morgan fingerprint density at radius 2 is 2.03 bits per heavy atom. The summed E-state index contributed by atoms with van der Waals surface area (Å²) in [4.78, 5) is 35.9. The highest BCUT2D eigenvalue weighted by Crippen LogP contribution is 2.42. The summed E-state index contributed by atoms with van der Waals surface area (Å²) >= 11 is 6.47. The van der Waals surface area contributed by atoms with E-state index in [4.69, 9.17) is 30.5 Å². The molecular weight excluding hydrogens is 452 g/mol. The molecule has 2 heterocycles.